The highest BCUT2D eigenvalue weighted by Gasteiger charge is 2.06. The highest BCUT2D eigenvalue weighted by Crippen LogP contribution is 2.16. The summed E-state index contributed by atoms with van der Waals surface area (Å²) in [4.78, 5) is 1.16. The number of rotatable bonds is 7. The summed E-state index contributed by atoms with van der Waals surface area (Å²) < 4.78 is 11.0. The average molecular weight is 292 g/mol. The highest BCUT2D eigenvalue weighted by molar-refractivity contribution is 7.09. The predicted octanol–water partition coefficient (Wildman–Crippen LogP) is 3.32. The maximum absolute atomic E-state index is 9.82. The standard InChI is InChI=1S/C16H20O3S/c1-12-5-6-15(8-13(12)2)19-10-14(17)9-18-11-16-4-3-7-20-16/h3-8,14,17H,9-11H2,1-2H3. The van der Waals surface area contributed by atoms with E-state index in [1.54, 1.807) is 11.3 Å². The van der Waals surface area contributed by atoms with Gasteiger partial charge in [-0.2, -0.15) is 0 Å². The molecule has 108 valence electrons. The van der Waals surface area contributed by atoms with Crippen molar-refractivity contribution in [3.05, 3.63) is 51.7 Å². The van der Waals surface area contributed by atoms with Crippen LogP contribution in [0.2, 0.25) is 0 Å². The molecular formula is C16H20O3S. The third-order valence-electron chi connectivity index (χ3n) is 3.06. The number of thiophene rings is 1. The van der Waals surface area contributed by atoms with Crippen LogP contribution in [0.3, 0.4) is 0 Å². The van der Waals surface area contributed by atoms with E-state index in [-0.39, 0.29) is 13.2 Å². The zero-order chi connectivity index (χ0) is 14.4. The molecule has 0 aliphatic rings. The Labute approximate surface area is 123 Å². The molecule has 0 spiro atoms. The molecule has 0 radical (unpaired) electrons. The fraction of sp³-hybridized carbons (Fsp3) is 0.375. The van der Waals surface area contributed by atoms with Gasteiger partial charge < -0.3 is 14.6 Å². The van der Waals surface area contributed by atoms with Crippen LogP contribution in [-0.2, 0) is 11.3 Å². The van der Waals surface area contributed by atoms with Crippen LogP contribution >= 0.6 is 11.3 Å². The quantitative estimate of drug-likeness (QED) is 0.851. The van der Waals surface area contributed by atoms with E-state index in [9.17, 15) is 5.11 Å². The van der Waals surface area contributed by atoms with Crippen molar-refractivity contribution < 1.29 is 14.6 Å². The lowest BCUT2D eigenvalue weighted by Crippen LogP contribution is -2.23. The fourth-order valence-corrected chi connectivity index (χ4v) is 2.37. The lowest BCUT2D eigenvalue weighted by atomic mass is 10.1. The van der Waals surface area contributed by atoms with Crippen molar-refractivity contribution in [1.82, 2.24) is 0 Å². The van der Waals surface area contributed by atoms with Gasteiger partial charge in [0.2, 0.25) is 0 Å². The monoisotopic (exact) mass is 292 g/mol. The number of hydrogen-bond donors (Lipinski definition) is 1. The van der Waals surface area contributed by atoms with Gasteiger partial charge in [0, 0.05) is 4.88 Å². The van der Waals surface area contributed by atoms with Gasteiger partial charge in [-0.15, -0.1) is 11.3 Å². The molecule has 0 amide bonds. The summed E-state index contributed by atoms with van der Waals surface area (Å²) in [6.07, 6.45) is -0.614. The molecule has 1 atom stereocenters. The first kappa shape index (κ1) is 15.0. The van der Waals surface area contributed by atoms with E-state index in [1.807, 2.05) is 42.6 Å². The van der Waals surface area contributed by atoms with E-state index in [0.29, 0.717) is 6.61 Å². The minimum absolute atomic E-state index is 0.243. The van der Waals surface area contributed by atoms with Gasteiger partial charge in [-0.3, -0.25) is 0 Å². The first-order chi connectivity index (χ1) is 9.65. The average Bonchev–Trinajstić information content (AvgIpc) is 2.93. The summed E-state index contributed by atoms with van der Waals surface area (Å²) >= 11 is 1.65. The van der Waals surface area contributed by atoms with Crippen molar-refractivity contribution >= 4 is 11.3 Å². The number of benzene rings is 1. The predicted molar refractivity (Wildman–Crippen MR) is 81.4 cm³/mol. The summed E-state index contributed by atoms with van der Waals surface area (Å²) in [6, 6.07) is 9.92. The minimum Gasteiger partial charge on any atom is -0.491 e. The lowest BCUT2D eigenvalue weighted by Gasteiger charge is -2.13. The van der Waals surface area contributed by atoms with Gasteiger partial charge in [0.05, 0.1) is 13.2 Å². The molecule has 1 unspecified atom stereocenters. The largest absolute Gasteiger partial charge is 0.491 e. The number of aryl methyl sites for hydroxylation is 2. The molecule has 0 aliphatic carbocycles. The second kappa shape index (κ2) is 7.43. The van der Waals surface area contributed by atoms with Gasteiger partial charge in [0.1, 0.15) is 18.5 Å². The zero-order valence-corrected chi connectivity index (χ0v) is 12.7. The van der Waals surface area contributed by atoms with Gasteiger partial charge in [-0.25, -0.2) is 0 Å². The molecule has 0 saturated carbocycles. The van der Waals surface area contributed by atoms with Crippen LogP contribution < -0.4 is 4.74 Å². The Bertz CT molecular complexity index is 523. The third-order valence-corrected chi connectivity index (χ3v) is 3.91. The Balaban J connectivity index is 1.69. The minimum atomic E-state index is -0.614. The molecule has 0 aliphatic heterocycles. The van der Waals surface area contributed by atoms with E-state index in [0.717, 1.165) is 10.6 Å². The number of aliphatic hydroxyl groups excluding tert-OH is 1. The van der Waals surface area contributed by atoms with Crippen molar-refractivity contribution in [2.24, 2.45) is 0 Å². The molecular weight excluding hydrogens is 272 g/mol. The van der Waals surface area contributed by atoms with Crippen molar-refractivity contribution in [1.29, 1.82) is 0 Å². The van der Waals surface area contributed by atoms with Gasteiger partial charge in [0.15, 0.2) is 0 Å². The molecule has 0 fully saturated rings. The molecule has 1 aromatic carbocycles. The number of aliphatic hydroxyl groups is 1. The molecule has 2 aromatic rings. The molecule has 20 heavy (non-hydrogen) atoms. The van der Waals surface area contributed by atoms with Crippen LogP contribution in [0.15, 0.2) is 35.7 Å². The van der Waals surface area contributed by atoms with Gasteiger partial charge in [-0.1, -0.05) is 12.1 Å². The van der Waals surface area contributed by atoms with E-state index >= 15 is 0 Å². The molecule has 1 heterocycles. The SMILES string of the molecule is Cc1ccc(OCC(O)COCc2cccs2)cc1C. The lowest BCUT2D eigenvalue weighted by molar-refractivity contribution is 0.00624. The smallest absolute Gasteiger partial charge is 0.119 e. The molecule has 0 bridgehead atoms. The zero-order valence-electron chi connectivity index (χ0n) is 11.8. The van der Waals surface area contributed by atoms with Crippen LogP contribution in [0.5, 0.6) is 5.75 Å². The Hall–Kier alpha value is -1.36. The Morgan fingerprint density at radius 1 is 1.15 bits per heavy atom. The van der Waals surface area contributed by atoms with Gasteiger partial charge in [-0.05, 0) is 48.6 Å². The molecule has 0 saturated heterocycles. The Morgan fingerprint density at radius 3 is 2.70 bits per heavy atom. The maximum Gasteiger partial charge on any atom is 0.119 e. The first-order valence-electron chi connectivity index (χ1n) is 6.63. The topological polar surface area (TPSA) is 38.7 Å². The molecule has 4 heteroatoms. The Kier molecular flexibility index (Phi) is 5.59. The van der Waals surface area contributed by atoms with E-state index < -0.39 is 6.10 Å². The second-order valence-electron chi connectivity index (χ2n) is 4.81. The molecule has 2 rings (SSSR count). The van der Waals surface area contributed by atoms with Gasteiger partial charge in [0.25, 0.3) is 0 Å². The fourth-order valence-electron chi connectivity index (χ4n) is 1.73. The summed E-state index contributed by atoms with van der Waals surface area (Å²) in [5.41, 5.74) is 2.42. The normalized spacial score (nSPS) is 12.3. The first-order valence-corrected chi connectivity index (χ1v) is 7.51. The summed E-state index contributed by atoms with van der Waals surface area (Å²) in [5.74, 6) is 0.783. The summed E-state index contributed by atoms with van der Waals surface area (Å²) in [6.45, 7) is 5.17. The van der Waals surface area contributed by atoms with Crippen LogP contribution in [0.1, 0.15) is 16.0 Å². The van der Waals surface area contributed by atoms with Crippen LogP contribution in [-0.4, -0.2) is 24.4 Å². The van der Waals surface area contributed by atoms with Crippen molar-refractivity contribution in [2.45, 2.75) is 26.6 Å². The molecule has 1 aromatic heterocycles. The van der Waals surface area contributed by atoms with Crippen molar-refractivity contribution in [3.8, 4) is 5.75 Å². The summed E-state index contributed by atoms with van der Waals surface area (Å²) in [7, 11) is 0. The maximum atomic E-state index is 9.82. The van der Waals surface area contributed by atoms with Crippen LogP contribution in [0, 0.1) is 13.8 Å². The van der Waals surface area contributed by atoms with E-state index in [4.69, 9.17) is 9.47 Å². The van der Waals surface area contributed by atoms with Crippen molar-refractivity contribution in [2.75, 3.05) is 13.2 Å². The Morgan fingerprint density at radius 2 is 2.00 bits per heavy atom. The second-order valence-corrected chi connectivity index (χ2v) is 5.84. The third kappa shape index (κ3) is 4.63. The highest BCUT2D eigenvalue weighted by atomic mass is 32.1. The summed E-state index contributed by atoms with van der Waals surface area (Å²) in [5, 5.41) is 11.8. The van der Waals surface area contributed by atoms with Gasteiger partial charge >= 0.3 is 0 Å². The molecule has 3 nitrogen and oxygen atoms in total. The van der Waals surface area contributed by atoms with E-state index in [2.05, 4.69) is 6.92 Å². The molecule has 1 N–H and O–H groups in total. The number of ether oxygens (including phenoxy) is 2. The number of hydrogen-bond acceptors (Lipinski definition) is 4. The van der Waals surface area contributed by atoms with E-state index in [1.165, 1.54) is 11.1 Å². The van der Waals surface area contributed by atoms with Crippen molar-refractivity contribution in [3.63, 3.8) is 0 Å². The van der Waals surface area contributed by atoms with Crippen LogP contribution in [0.25, 0.3) is 0 Å². The van der Waals surface area contributed by atoms with Crippen LogP contribution in [0.4, 0.5) is 0 Å².